The molecule has 5 N–H and O–H groups in total. The highest BCUT2D eigenvalue weighted by Crippen LogP contribution is 2.45. The Morgan fingerprint density at radius 1 is 0.882 bits per heavy atom. The standard InChI is InChI=1S/C54H81N3O16S.CH4O/c1-31-13-10-9-11-14-32(2)25-34(4)47(60)49(70-8)48(61)35(5)26-33(3)42(59)29-44-41(27-37-18-21-43(45(28-37)69-7)72-53(65)55-74(67,68)56-24-22-38(58)30-56)40-15-12-23-57(46(40)52(64)71-44)51(63)50(62)54(66)36(6)17-20-39(73-54)19-16-31;1-2/h9-11,13-14,26,32-34,36-41,43-46,48-49,58,61,66H,12,15-25,27-30H2,1-8H3,(H,55,65);2H,1H3/b10-9+,14-11+,31-13+,35-26+;/t32-,33-,34?,36?,37?,38?,39-,40?,41+,43-,44+,45?,46?,48?,49+,54?;/m1./s1. The first-order chi connectivity index (χ1) is 36.0. The lowest BCUT2D eigenvalue weighted by molar-refractivity contribution is -0.263. The fraction of sp³-hybridized carbons (Fsp3) is 0.745. The normalized spacial score (nSPS) is 39.4. The third kappa shape index (κ3) is 15.5. The summed E-state index contributed by atoms with van der Waals surface area (Å²) in [6.07, 6.45) is 8.54. The maximum Gasteiger partial charge on any atom is 0.422 e. The Morgan fingerprint density at radius 3 is 2.28 bits per heavy atom. The van der Waals surface area contributed by atoms with Crippen molar-refractivity contribution < 1.29 is 81.3 Å². The summed E-state index contributed by atoms with van der Waals surface area (Å²) in [5.74, 6) is -9.26. The van der Waals surface area contributed by atoms with Crippen molar-refractivity contribution >= 4 is 45.5 Å². The van der Waals surface area contributed by atoms with E-state index in [0.29, 0.717) is 69.8 Å². The Morgan fingerprint density at radius 2 is 1.61 bits per heavy atom. The van der Waals surface area contributed by atoms with Gasteiger partial charge in [0.2, 0.25) is 5.79 Å². The fourth-order valence-corrected chi connectivity index (χ4v) is 13.1. The number of carbonyl (C=O) groups is 6. The molecule has 6 rings (SSSR count). The van der Waals surface area contributed by atoms with Crippen LogP contribution in [0.5, 0.6) is 0 Å². The molecule has 0 radical (unpaired) electrons. The average molecular weight is 1090 g/mol. The lowest BCUT2D eigenvalue weighted by Gasteiger charge is -2.50. The molecular formula is C55H85N3O17S. The van der Waals surface area contributed by atoms with E-state index < -0.39 is 118 Å². The maximum atomic E-state index is 14.5. The largest absolute Gasteiger partial charge is 0.460 e. The molecule has 1 saturated carbocycles. The van der Waals surface area contributed by atoms with Gasteiger partial charge >= 0.3 is 22.3 Å². The first-order valence-corrected chi connectivity index (χ1v) is 28.5. The van der Waals surface area contributed by atoms with Crippen LogP contribution in [0.1, 0.15) is 125 Å². The molecule has 0 aromatic carbocycles. The van der Waals surface area contributed by atoms with Gasteiger partial charge in [-0.1, -0.05) is 69.7 Å². The molecule has 2 amide bonds. The molecule has 1 aliphatic carbocycles. The number of nitrogens with zero attached hydrogens (tertiary/aromatic N) is 2. The van der Waals surface area contributed by atoms with Gasteiger partial charge in [-0.3, -0.25) is 19.2 Å². The summed E-state index contributed by atoms with van der Waals surface area (Å²) in [5, 5.41) is 40.4. The molecule has 5 aliphatic heterocycles. The number of ketones is 3. The number of rotatable bonds is 7. The second-order valence-electron chi connectivity index (χ2n) is 22.0. The molecule has 428 valence electrons. The number of Topliss-reactive ketones (excluding diaryl/α,β-unsaturated/α-hetero) is 3. The van der Waals surface area contributed by atoms with Crippen LogP contribution in [-0.2, 0) is 57.9 Å². The highest BCUT2D eigenvalue weighted by atomic mass is 32.2. The van der Waals surface area contributed by atoms with E-state index in [1.54, 1.807) is 33.8 Å². The molecule has 9 unspecified atom stereocenters. The zero-order chi connectivity index (χ0) is 56.2. The summed E-state index contributed by atoms with van der Waals surface area (Å²) in [5.41, 5.74) is 1.38. The lowest BCUT2D eigenvalue weighted by Crippen LogP contribution is -2.65. The van der Waals surface area contributed by atoms with Crippen LogP contribution in [-0.4, -0.2) is 169 Å². The van der Waals surface area contributed by atoms with Crippen molar-refractivity contribution in [3.63, 3.8) is 0 Å². The smallest absolute Gasteiger partial charge is 0.422 e. The number of aliphatic hydroxyl groups excluding tert-OH is 3. The van der Waals surface area contributed by atoms with E-state index in [9.17, 15) is 52.5 Å². The zero-order valence-electron chi connectivity index (χ0n) is 45.8. The van der Waals surface area contributed by atoms with Gasteiger partial charge in [0, 0.05) is 71.1 Å². The van der Waals surface area contributed by atoms with Crippen LogP contribution in [0.2, 0.25) is 0 Å². The molecule has 0 aromatic rings. The number of hydrogen-bond acceptors (Lipinski definition) is 17. The number of nitrogens with one attached hydrogen (secondary N) is 1. The SMILES string of the molecule is CO.COC1CC(C[C@H]2C3CCCN4C(=O)C(=O)C5(O)O[C@H](CC/C(C)=C/C=C/C=C/[C@@H](C)CC(C)C(=O)[C@H](OC)C(O)/C(C)=C/[C@@H](C)C(=O)C[C@@H]2OC(=O)C34)CCC5C)CC[C@H]1OC(=O)NS(=O)(=O)N1CCC(O)C1. The van der Waals surface area contributed by atoms with E-state index >= 15 is 0 Å². The van der Waals surface area contributed by atoms with Crippen molar-refractivity contribution in [3.05, 3.63) is 47.6 Å². The van der Waals surface area contributed by atoms with Crippen LogP contribution in [0.25, 0.3) is 0 Å². The average Bonchev–Trinajstić information content (AvgIpc) is 3.85. The van der Waals surface area contributed by atoms with E-state index in [1.807, 2.05) is 48.9 Å². The zero-order valence-corrected chi connectivity index (χ0v) is 46.7. The van der Waals surface area contributed by atoms with Crippen LogP contribution in [0.4, 0.5) is 4.79 Å². The van der Waals surface area contributed by atoms with Crippen molar-refractivity contribution in [2.45, 2.75) is 180 Å². The minimum Gasteiger partial charge on any atom is -0.460 e. The Labute approximate surface area is 448 Å². The number of methoxy groups -OCH3 is 2. The van der Waals surface area contributed by atoms with Crippen LogP contribution >= 0.6 is 0 Å². The monoisotopic (exact) mass is 1090 g/mol. The van der Waals surface area contributed by atoms with E-state index in [4.69, 9.17) is 28.8 Å². The number of aliphatic hydroxyl groups is 4. The molecule has 21 heteroatoms. The summed E-state index contributed by atoms with van der Waals surface area (Å²) in [7, 11) is -0.462. The van der Waals surface area contributed by atoms with Crippen LogP contribution in [0.15, 0.2) is 47.6 Å². The highest BCUT2D eigenvalue weighted by molar-refractivity contribution is 7.87. The van der Waals surface area contributed by atoms with E-state index in [2.05, 4.69) is 0 Å². The number of piperidine rings is 1. The predicted molar refractivity (Wildman–Crippen MR) is 279 cm³/mol. The molecule has 76 heavy (non-hydrogen) atoms. The minimum absolute atomic E-state index is 0.0150. The number of β-amino-alcohol motifs (C(OH)–C–C–N with tert-alkyl or cyclic N) is 1. The van der Waals surface area contributed by atoms with Gasteiger partial charge in [-0.05, 0) is 114 Å². The third-order valence-corrected chi connectivity index (χ3v) is 17.9. The van der Waals surface area contributed by atoms with Gasteiger partial charge in [0.05, 0.1) is 18.3 Å². The summed E-state index contributed by atoms with van der Waals surface area (Å²) >= 11 is 0. The summed E-state index contributed by atoms with van der Waals surface area (Å²) in [6.45, 7) is 10.6. The second-order valence-corrected chi connectivity index (χ2v) is 23.7. The number of hydrogen-bond donors (Lipinski definition) is 5. The van der Waals surface area contributed by atoms with Gasteiger partial charge in [0.25, 0.3) is 11.7 Å². The molecule has 4 bridgehead atoms. The van der Waals surface area contributed by atoms with E-state index in [1.165, 1.54) is 19.1 Å². The summed E-state index contributed by atoms with van der Waals surface area (Å²) < 4.78 is 58.0. The van der Waals surface area contributed by atoms with Gasteiger partial charge in [0.1, 0.15) is 36.2 Å². The number of amides is 2. The van der Waals surface area contributed by atoms with Crippen LogP contribution in [0.3, 0.4) is 0 Å². The van der Waals surface area contributed by atoms with E-state index in [-0.39, 0.29) is 62.3 Å². The highest BCUT2D eigenvalue weighted by Gasteiger charge is 2.57. The molecule has 6 aliphatic rings. The molecule has 20 nitrogen and oxygen atoms in total. The molecule has 5 heterocycles. The molecule has 0 aromatic heterocycles. The molecule has 4 saturated heterocycles. The Bertz CT molecular complexity index is 2290. The predicted octanol–water partition coefficient (Wildman–Crippen LogP) is 4.43. The Balaban J connectivity index is 0.00000527. The number of esters is 1. The third-order valence-electron chi connectivity index (χ3n) is 16.4. The van der Waals surface area contributed by atoms with Gasteiger partial charge < -0.3 is 49.0 Å². The summed E-state index contributed by atoms with van der Waals surface area (Å²) in [6, 6.07) is -1.22. The number of allylic oxidation sites excluding steroid dienone is 7. The number of carbonyl (C=O) groups excluding carboxylic acids is 6. The molecule has 5 fully saturated rings. The topological polar surface area (TPSA) is 282 Å². The van der Waals surface area contributed by atoms with Gasteiger partial charge in [0.15, 0.2) is 5.78 Å². The van der Waals surface area contributed by atoms with Crippen LogP contribution < -0.4 is 4.72 Å². The first-order valence-electron chi connectivity index (χ1n) is 27.0. The molecular weight excluding hydrogens is 1010 g/mol. The lowest BCUT2D eigenvalue weighted by atomic mass is 9.68. The summed E-state index contributed by atoms with van der Waals surface area (Å²) in [4.78, 5) is 85.5. The van der Waals surface area contributed by atoms with E-state index in [0.717, 1.165) is 17.0 Å². The quantitative estimate of drug-likeness (QED) is 0.134. The van der Waals surface area contributed by atoms with Gasteiger partial charge in [-0.25, -0.2) is 14.3 Å². The first kappa shape index (κ1) is 62.7. The maximum absolute atomic E-state index is 14.5. The Kier molecular flexibility index (Phi) is 23.2. The number of fused-ring (bicyclic) bond motifs is 4. The molecule has 16 atom stereocenters. The number of ether oxygens (including phenoxy) is 5. The minimum atomic E-state index is -4.27. The Hall–Kier alpha value is -4.19. The van der Waals surface area contributed by atoms with Crippen molar-refractivity contribution in [1.82, 2.24) is 13.9 Å². The van der Waals surface area contributed by atoms with Crippen molar-refractivity contribution in [2.24, 2.45) is 41.4 Å². The molecule has 0 spiro atoms. The van der Waals surface area contributed by atoms with Gasteiger partial charge in [-0.15, -0.1) is 0 Å². The van der Waals surface area contributed by atoms with Crippen molar-refractivity contribution in [3.8, 4) is 0 Å². The second kappa shape index (κ2) is 28.1. The van der Waals surface area contributed by atoms with Crippen molar-refractivity contribution in [1.29, 1.82) is 0 Å². The van der Waals surface area contributed by atoms with Gasteiger partial charge in [-0.2, -0.15) is 12.7 Å². The fourth-order valence-electron chi connectivity index (χ4n) is 12.0. The van der Waals surface area contributed by atoms with Crippen LogP contribution in [0, 0.1) is 41.4 Å². The van der Waals surface area contributed by atoms with Crippen molar-refractivity contribution in [2.75, 3.05) is 41.0 Å².